The maximum absolute atomic E-state index is 12.1. The second-order valence-electron chi connectivity index (χ2n) is 9.22. The van der Waals surface area contributed by atoms with Crippen LogP contribution in [0.3, 0.4) is 0 Å². The smallest absolute Gasteiger partial charge is 0.756 e. The largest absolute Gasteiger partial charge is 1.00 e. The molecular weight excluding hydrogens is 754 g/mol. The van der Waals surface area contributed by atoms with Crippen LogP contribution in [0.15, 0.2) is 43.7 Å². The number of hydrogen-bond donors (Lipinski definition) is 6. The molecule has 2 fully saturated rings. The molecule has 0 amide bonds. The molecule has 2 aromatic heterocycles. The van der Waals surface area contributed by atoms with Crippen molar-refractivity contribution in [2.75, 3.05) is 13.2 Å². The summed E-state index contributed by atoms with van der Waals surface area (Å²) in [5, 5.41) is 40.5. The number of hydrogen-bond acceptors (Lipinski definition) is 20. The van der Waals surface area contributed by atoms with Crippen molar-refractivity contribution in [1.29, 1.82) is 0 Å². The van der Waals surface area contributed by atoms with Gasteiger partial charge in [0.2, 0.25) is 0 Å². The Bertz CT molecular complexity index is 1660. The summed E-state index contributed by atoms with van der Waals surface area (Å²) in [4.78, 5) is 86.1. The van der Waals surface area contributed by atoms with E-state index < -0.39 is 108 Å². The Morgan fingerprint density at radius 1 is 0.646 bits per heavy atom. The zero-order chi connectivity index (χ0) is 33.5. The van der Waals surface area contributed by atoms with Crippen LogP contribution in [0.5, 0.6) is 0 Å². The van der Waals surface area contributed by atoms with Gasteiger partial charge in [-0.15, -0.1) is 0 Å². The minimum Gasteiger partial charge on any atom is -0.756 e. The molecule has 0 bridgehead atoms. The first-order valence-corrected chi connectivity index (χ1v) is 16.5. The molecule has 4 rings (SSSR count). The van der Waals surface area contributed by atoms with Crippen LogP contribution in [-0.2, 0) is 40.8 Å². The monoisotopic (exact) mass is 776 g/mol. The third-order valence-electron chi connectivity index (χ3n) is 6.12. The Morgan fingerprint density at radius 2 is 0.979 bits per heavy atom. The van der Waals surface area contributed by atoms with E-state index in [1.807, 2.05) is 9.97 Å². The molecule has 48 heavy (non-hydrogen) atoms. The summed E-state index contributed by atoms with van der Waals surface area (Å²) in [6.07, 6.45) is -12.6. The van der Waals surface area contributed by atoms with E-state index in [-0.39, 0.29) is 88.7 Å². The third kappa shape index (κ3) is 11.8. The number of aliphatic hydroxyl groups is 4. The molecule has 2 unspecified atom stereocenters. The second-order valence-corrected chi connectivity index (χ2v) is 13.7. The van der Waals surface area contributed by atoms with E-state index in [0.29, 0.717) is 9.13 Å². The van der Waals surface area contributed by atoms with Crippen molar-refractivity contribution in [3.8, 4) is 0 Å². The molecule has 2 aromatic rings. The van der Waals surface area contributed by atoms with Crippen molar-refractivity contribution < 1.29 is 165 Å². The number of nitrogens with one attached hydrogen (secondary N) is 2. The van der Waals surface area contributed by atoms with Crippen LogP contribution in [0.4, 0.5) is 0 Å². The molecule has 0 spiro atoms. The van der Waals surface area contributed by atoms with Gasteiger partial charge in [0, 0.05) is 24.5 Å². The topological polar surface area (TPSA) is 366 Å². The first-order valence-electron chi connectivity index (χ1n) is 12.1. The third-order valence-corrected chi connectivity index (χ3v) is 10.2. The van der Waals surface area contributed by atoms with Crippen molar-refractivity contribution in [3.05, 3.63) is 66.2 Å². The van der Waals surface area contributed by atoms with Crippen LogP contribution in [0, 0.1) is 0 Å². The van der Waals surface area contributed by atoms with Gasteiger partial charge >= 0.3 is 100 Å². The van der Waals surface area contributed by atoms with Crippen LogP contribution in [0.25, 0.3) is 0 Å². The number of phosphoric acid groups is 3. The normalized spacial score (nSPS) is 30.5. The summed E-state index contributed by atoms with van der Waals surface area (Å²) in [5.74, 6) is 0. The molecule has 24 nitrogen and oxygen atoms in total. The van der Waals surface area contributed by atoms with Crippen molar-refractivity contribution in [2.24, 2.45) is 0 Å². The van der Waals surface area contributed by atoms with E-state index in [2.05, 4.69) is 17.7 Å². The van der Waals surface area contributed by atoms with Gasteiger partial charge < -0.3 is 53.6 Å². The van der Waals surface area contributed by atoms with Gasteiger partial charge in [0.25, 0.3) is 34.6 Å². The van der Waals surface area contributed by atoms with Crippen LogP contribution in [0.1, 0.15) is 12.5 Å². The first kappa shape index (κ1) is 46.6. The SMILES string of the molecule is O=c1ccn([C@@H]2O[C@H](COP(=O)([O-])OP(=O)([O-])OP(=O)([O-])OC[C@H]3O[C@@H](n4ccc(=O)[nH]c4=O)[C@H](O)[C@@H]3O)[C@@H](O)[C@H]2O)c(=O)[nH]1.[Na+].[Na+].[Na+]. The van der Waals surface area contributed by atoms with Gasteiger partial charge in [0.15, 0.2) is 12.5 Å². The number of aliphatic hydroxyl groups excluding tert-OH is 4. The van der Waals surface area contributed by atoms with Gasteiger partial charge in [0.05, 0.1) is 13.2 Å². The summed E-state index contributed by atoms with van der Waals surface area (Å²) >= 11 is 0. The minimum absolute atomic E-state index is 0. The number of ether oxygens (including phenoxy) is 2. The molecule has 0 saturated carbocycles. The average molecular weight is 776 g/mol. The Labute approximate surface area is 332 Å². The van der Waals surface area contributed by atoms with E-state index in [9.17, 15) is 68.0 Å². The summed E-state index contributed by atoms with van der Waals surface area (Å²) in [5.41, 5.74) is -3.74. The zero-order valence-electron chi connectivity index (χ0n) is 24.9. The molecular formula is C18H22N4Na3O20P3. The van der Waals surface area contributed by atoms with Gasteiger partial charge in [-0.3, -0.25) is 42.4 Å². The molecule has 30 heteroatoms. The molecule has 2 aliphatic heterocycles. The van der Waals surface area contributed by atoms with E-state index >= 15 is 0 Å². The molecule has 0 aliphatic carbocycles. The molecule has 10 atom stereocenters. The van der Waals surface area contributed by atoms with Crippen molar-refractivity contribution in [3.63, 3.8) is 0 Å². The van der Waals surface area contributed by atoms with E-state index in [1.165, 1.54) is 0 Å². The van der Waals surface area contributed by atoms with Gasteiger partial charge in [-0.2, -0.15) is 0 Å². The molecule has 4 heterocycles. The van der Waals surface area contributed by atoms with Gasteiger partial charge in [-0.1, -0.05) is 0 Å². The zero-order valence-corrected chi connectivity index (χ0v) is 33.6. The summed E-state index contributed by atoms with van der Waals surface area (Å²) < 4.78 is 63.6. The van der Waals surface area contributed by atoms with E-state index in [4.69, 9.17) is 9.47 Å². The number of nitrogens with zero attached hydrogens (tertiary/aromatic N) is 2. The van der Waals surface area contributed by atoms with Crippen LogP contribution < -0.4 is 126 Å². The molecule has 0 aromatic carbocycles. The number of H-pyrrole nitrogens is 2. The van der Waals surface area contributed by atoms with Crippen molar-refractivity contribution in [2.45, 2.75) is 49.1 Å². The van der Waals surface area contributed by atoms with Crippen LogP contribution in [-0.4, -0.2) is 89.4 Å². The fourth-order valence-corrected chi connectivity index (χ4v) is 7.47. The van der Waals surface area contributed by atoms with E-state index in [0.717, 1.165) is 24.5 Å². The molecule has 0 radical (unpaired) electrons. The van der Waals surface area contributed by atoms with Gasteiger partial charge in [-0.25, -0.2) is 18.2 Å². The molecule has 252 valence electrons. The number of aromatic nitrogens is 4. The Balaban J connectivity index is 0.00000384. The van der Waals surface area contributed by atoms with Crippen molar-refractivity contribution >= 4 is 23.5 Å². The summed E-state index contributed by atoms with van der Waals surface area (Å²) in [6.45, 7) is -2.48. The van der Waals surface area contributed by atoms with Crippen LogP contribution in [0.2, 0.25) is 0 Å². The molecule has 2 aliphatic rings. The predicted octanol–water partition coefficient (Wildman–Crippen LogP) is -15.2. The molecule has 6 N–H and O–H groups in total. The first-order chi connectivity index (χ1) is 20.8. The number of phosphoric ester groups is 2. The number of rotatable bonds is 12. The Hall–Kier alpha value is 0.530. The average Bonchev–Trinajstić information content (AvgIpc) is 3.35. The fraction of sp³-hybridized carbons (Fsp3) is 0.556. The summed E-state index contributed by atoms with van der Waals surface area (Å²) in [7, 11) is -18.4. The maximum Gasteiger partial charge on any atom is 1.00 e. The Kier molecular flexibility index (Phi) is 18.0. The second kappa shape index (κ2) is 18.5. The van der Waals surface area contributed by atoms with Gasteiger partial charge in [-0.05, 0) is 0 Å². The quantitative estimate of drug-likeness (QED) is 0.0860. The number of aromatic amines is 2. The maximum atomic E-state index is 12.1. The predicted molar refractivity (Wildman–Crippen MR) is 131 cm³/mol. The molecule has 2 saturated heterocycles. The standard InChI is InChI=1S/C18H25N4O20P3.3Na/c23-9-1-3-21(17(29)19-9)15-13(27)11(25)7(39-15)5-37-43(31,32)41-45(35,36)42-44(33,34)38-6-8-12(26)14(28)16(40-8)22-4-2-10(24)20-18(22)30;;;/h1-4,7-8,11-16,25-28H,5-6H2,(H,31,32)(H,33,34)(H,35,36)(H,19,23,29)(H,20,24,30);;;/q;3*+1/p-3/t7-,8-,11-,12-,13-,14-,15-,16-;;;/m1.../s1. The van der Waals surface area contributed by atoms with Crippen molar-refractivity contribution in [1.82, 2.24) is 19.1 Å². The van der Waals surface area contributed by atoms with Crippen LogP contribution >= 0.6 is 23.5 Å². The van der Waals surface area contributed by atoms with E-state index in [1.54, 1.807) is 0 Å². The fourth-order valence-electron chi connectivity index (χ4n) is 4.09. The Morgan fingerprint density at radius 3 is 1.29 bits per heavy atom. The summed E-state index contributed by atoms with van der Waals surface area (Å²) in [6, 6.07) is 1.75. The minimum atomic E-state index is -6.37. The van der Waals surface area contributed by atoms with Gasteiger partial charge in [0.1, 0.15) is 36.6 Å².